The van der Waals surface area contributed by atoms with E-state index >= 15 is 0 Å². The number of carbonyl (C=O) groups excluding carboxylic acids is 1. The van der Waals surface area contributed by atoms with Crippen LogP contribution in [0.5, 0.6) is 0 Å². The second-order valence-electron chi connectivity index (χ2n) is 5.27. The van der Waals surface area contributed by atoms with Gasteiger partial charge in [0.05, 0.1) is 5.41 Å². The summed E-state index contributed by atoms with van der Waals surface area (Å²) in [5.74, 6) is 0.113. The molecule has 0 atom stereocenters. The maximum Gasteiger partial charge on any atom is 0.235 e. The minimum Gasteiger partial charge on any atom is -0.325 e. The summed E-state index contributed by atoms with van der Waals surface area (Å²) in [6.07, 6.45) is 1.88. The second-order valence-corrected chi connectivity index (χ2v) is 5.27. The Morgan fingerprint density at radius 2 is 1.63 bits per heavy atom. The minimum absolute atomic E-state index is 0.113. The smallest absolute Gasteiger partial charge is 0.235 e. The molecule has 1 aliphatic rings. The number of aryl methyl sites for hydroxylation is 1. The number of carbonyl (C=O) groups is 1. The van der Waals surface area contributed by atoms with Gasteiger partial charge in [-0.25, -0.2) is 0 Å². The Morgan fingerprint density at radius 3 is 2.21 bits per heavy atom. The van der Waals surface area contributed by atoms with Crippen molar-refractivity contribution in [3.8, 4) is 0 Å². The number of para-hydroxylation sites is 1. The molecule has 0 unspecified atom stereocenters. The van der Waals surface area contributed by atoms with Crippen molar-refractivity contribution in [3.05, 3.63) is 65.7 Å². The quantitative estimate of drug-likeness (QED) is 0.886. The van der Waals surface area contributed by atoms with Gasteiger partial charge in [-0.1, -0.05) is 48.0 Å². The van der Waals surface area contributed by atoms with Gasteiger partial charge in [-0.15, -0.1) is 0 Å². The zero-order valence-electron chi connectivity index (χ0n) is 11.0. The van der Waals surface area contributed by atoms with Crippen molar-refractivity contribution in [2.24, 2.45) is 0 Å². The average molecular weight is 251 g/mol. The van der Waals surface area contributed by atoms with Gasteiger partial charge in [0.15, 0.2) is 0 Å². The van der Waals surface area contributed by atoms with E-state index < -0.39 is 0 Å². The van der Waals surface area contributed by atoms with Gasteiger partial charge in [-0.2, -0.15) is 0 Å². The van der Waals surface area contributed by atoms with Crippen LogP contribution in [0.1, 0.15) is 24.0 Å². The fourth-order valence-corrected chi connectivity index (χ4v) is 2.42. The predicted molar refractivity (Wildman–Crippen MR) is 77.2 cm³/mol. The first-order chi connectivity index (χ1) is 9.21. The molecular weight excluding hydrogens is 234 g/mol. The maximum atomic E-state index is 12.5. The summed E-state index contributed by atoms with van der Waals surface area (Å²) < 4.78 is 0. The van der Waals surface area contributed by atoms with Gasteiger partial charge in [0.2, 0.25) is 5.91 Å². The van der Waals surface area contributed by atoms with Gasteiger partial charge in [-0.05, 0) is 37.5 Å². The number of rotatable bonds is 3. The van der Waals surface area contributed by atoms with E-state index in [1.165, 1.54) is 5.56 Å². The SMILES string of the molecule is Cc1ccc(C2(C(=O)Nc3ccccc3)CC2)cc1. The van der Waals surface area contributed by atoms with Crippen molar-refractivity contribution >= 4 is 11.6 Å². The third-order valence-electron chi connectivity index (χ3n) is 3.82. The highest BCUT2D eigenvalue weighted by Gasteiger charge is 2.51. The molecule has 1 N–H and O–H groups in total. The molecule has 1 fully saturated rings. The van der Waals surface area contributed by atoms with E-state index in [0.29, 0.717) is 0 Å². The van der Waals surface area contributed by atoms with Crippen LogP contribution in [0.3, 0.4) is 0 Å². The third-order valence-corrected chi connectivity index (χ3v) is 3.82. The monoisotopic (exact) mass is 251 g/mol. The lowest BCUT2D eigenvalue weighted by Crippen LogP contribution is -2.27. The summed E-state index contributed by atoms with van der Waals surface area (Å²) in [4.78, 5) is 12.5. The lowest BCUT2D eigenvalue weighted by molar-refractivity contribution is -0.118. The molecule has 2 aromatic rings. The largest absolute Gasteiger partial charge is 0.325 e. The Kier molecular flexibility index (Phi) is 2.86. The number of hydrogen-bond donors (Lipinski definition) is 1. The molecule has 96 valence electrons. The fraction of sp³-hybridized carbons (Fsp3) is 0.235. The Labute approximate surface area is 113 Å². The summed E-state index contributed by atoms with van der Waals surface area (Å²) in [6, 6.07) is 18.0. The number of benzene rings is 2. The lowest BCUT2D eigenvalue weighted by atomic mass is 9.94. The number of anilines is 1. The summed E-state index contributed by atoms with van der Waals surface area (Å²) >= 11 is 0. The first-order valence-corrected chi connectivity index (χ1v) is 6.64. The highest BCUT2D eigenvalue weighted by Crippen LogP contribution is 2.49. The van der Waals surface area contributed by atoms with E-state index in [1.807, 2.05) is 30.3 Å². The standard InChI is InChI=1S/C17H17NO/c1-13-7-9-14(10-8-13)17(11-12-17)16(19)18-15-5-3-2-4-6-15/h2-10H,11-12H2,1H3,(H,18,19). The van der Waals surface area contributed by atoms with Crippen molar-refractivity contribution in [3.63, 3.8) is 0 Å². The molecule has 1 saturated carbocycles. The molecule has 2 aromatic carbocycles. The van der Waals surface area contributed by atoms with E-state index in [2.05, 4.69) is 36.5 Å². The Bertz CT molecular complexity index is 582. The van der Waals surface area contributed by atoms with Gasteiger partial charge in [0.1, 0.15) is 0 Å². The normalized spacial score (nSPS) is 15.8. The highest BCUT2D eigenvalue weighted by molar-refractivity contribution is 6.01. The van der Waals surface area contributed by atoms with E-state index in [1.54, 1.807) is 0 Å². The first-order valence-electron chi connectivity index (χ1n) is 6.64. The lowest BCUT2D eigenvalue weighted by Gasteiger charge is -2.16. The molecular formula is C17H17NO. The van der Waals surface area contributed by atoms with Crippen LogP contribution in [-0.2, 0) is 10.2 Å². The number of nitrogens with one attached hydrogen (secondary N) is 1. The molecule has 0 spiro atoms. The van der Waals surface area contributed by atoms with E-state index in [9.17, 15) is 4.79 Å². The molecule has 0 saturated heterocycles. The molecule has 0 bridgehead atoms. The first kappa shape index (κ1) is 12.0. The van der Waals surface area contributed by atoms with Crippen molar-refractivity contribution in [1.82, 2.24) is 0 Å². The van der Waals surface area contributed by atoms with Crippen LogP contribution in [0.4, 0.5) is 5.69 Å². The van der Waals surface area contributed by atoms with Crippen molar-refractivity contribution < 1.29 is 4.79 Å². The molecule has 0 aliphatic heterocycles. The fourth-order valence-electron chi connectivity index (χ4n) is 2.42. The number of hydrogen-bond acceptors (Lipinski definition) is 1. The molecule has 0 heterocycles. The van der Waals surface area contributed by atoms with Gasteiger partial charge < -0.3 is 5.32 Å². The van der Waals surface area contributed by atoms with Crippen molar-refractivity contribution in [2.45, 2.75) is 25.2 Å². The molecule has 1 amide bonds. The number of amides is 1. The molecule has 0 radical (unpaired) electrons. The van der Waals surface area contributed by atoms with E-state index in [0.717, 1.165) is 24.1 Å². The van der Waals surface area contributed by atoms with Crippen LogP contribution >= 0.6 is 0 Å². The van der Waals surface area contributed by atoms with E-state index in [4.69, 9.17) is 0 Å². The van der Waals surface area contributed by atoms with Crippen LogP contribution < -0.4 is 5.32 Å². The molecule has 2 heteroatoms. The van der Waals surface area contributed by atoms with Crippen LogP contribution in [0.25, 0.3) is 0 Å². The van der Waals surface area contributed by atoms with Crippen LogP contribution in [0, 0.1) is 6.92 Å². The maximum absolute atomic E-state index is 12.5. The molecule has 3 rings (SSSR count). The summed E-state index contributed by atoms with van der Waals surface area (Å²) in [5, 5.41) is 3.02. The zero-order chi connectivity index (χ0) is 13.3. The molecule has 1 aliphatic carbocycles. The van der Waals surface area contributed by atoms with Crippen LogP contribution in [0.2, 0.25) is 0 Å². The summed E-state index contributed by atoms with van der Waals surface area (Å²) in [7, 11) is 0. The van der Waals surface area contributed by atoms with Crippen molar-refractivity contribution in [2.75, 3.05) is 5.32 Å². The molecule has 2 nitrogen and oxygen atoms in total. The Morgan fingerprint density at radius 1 is 1.00 bits per heavy atom. The van der Waals surface area contributed by atoms with Crippen molar-refractivity contribution in [1.29, 1.82) is 0 Å². The topological polar surface area (TPSA) is 29.1 Å². The van der Waals surface area contributed by atoms with Gasteiger partial charge in [-0.3, -0.25) is 4.79 Å². The average Bonchev–Trinajstić information content (AvgIpc) is 3.22. The predicted octanol–water partition coefficient (Wildman–Crippen LogP) is 3.67. The Hall–Kier alpha value is -2.09. The molecule has 19 heavy (non-hydrogen) atoms. The zero-order valence-corrected chi connectivity index (χ0v) is 11.0. The van der Waals surface area contributed by atoms with Gasteiger partial charge in [0, 0.05) is 5.69 Å². The van der Waals surface area contributed by atoms with Gasteiger partial charge in [0.25, 0.3) is 0 Å². The van der Waals surface area contributed by atoms with Gasteiger partial charge >= 0.3 is 0 Å². The van der Waals surface area contributed by atoms with E-state index in [-0.39, 0.29) is 11.3 Å². The van der Waals surface area contributed by atoms with Crippen LogP contribution in [0.15, 0.2) is 54.6 Å². The third kappa shape index (κ3) is 2.26. The highest BCUT2D eigenvalue weighted by atomic mass is 16.2. The Balaban J connectivity index is 1.81. The van der Waals surface area contributed by atoms with Crippen LogP contribution in [-0.4, -0.2) is 5.91 Å². The second kappa shape index (κ2) is 4.54. The summed E-state index contributed by atoms with van der Waals surface area (Å²) in [6.45, 7) is 2.06. The molecule has 0 aromatic heterocycles. The minimum atomic E-state index is -0.302. The summed E-state index contributed by atoms with van der Waals surface area (Å²) in [5.41, 5.74) is 2.92.